The zero-order chi connectivity index (χ0) is 18.0. The van der Waals surface area contributed by atoms with Gasteiger partial charge in [-0.1, -0.05) is 0 Å². The molecule has 2 heterocycles. The van der Waals surface area contributed by atoms with Crippen molar-refractivity contribution in [3.8, 4) is 0 Å². The molecule has 1 atom stereocenters. The van der Waals surface area contributed by atoms with Crippen molar-refractivity contribution < 1.29 is 14.3 Å². The number of nitrogens with zero attached hydrogens (tertiary/aromatic N) is 3. The van der Waals surface area contributed by atoms with Crippen LogP contribution in [0.3, 0.4) is 0 Å². The Morgan fingerprint density at radius 2 is 2.20 bits per heavy atom. The number of ether oxygens (including phenoxy) is 1. The standard InChI is InChI=1S/C18H28N4O3/c1-13-14(10-21(2)20-13)9-16(23)22-8-4-5-15(11-22)19-17(24)18(6-7-18)12-25-3/h10,15H,4-9,11-12H2,1-3H3,(H,19,24)/t15-/m0/s1. The fourth-order valence-electron chi connectivity index (χ4n) is 3.62. The number of aromatic nitrogens is 2. The van der Waals surface area contributed by atoms with Gasteiger partial charge in [-0.2, -0.15) is 5.10 Å². The van der Waals surface area contributed by atoms with Gasteiger partial charge in [-0.15, -0.1) is 0 Å². The van der Waals surface area contributed by atoms with Crippen LogP contribution in [0.25, 0.3) is 0 Å². The predicted molar refractivity (Wildman–Crippen MR) is 92.9 cm³/mol. The van der Waals surface area contributed by atoms with Gasteiger partial charge in [0.25, 0.3) is 0 Å². The molecule has 7 heteroatoms. The van der Waals surface area contributed by atoms with Crippen LogP contribution in [0, 0.1) is 12.3 Å². The lowest BCUT2D eigenvalue weighted by atomic mass is 10.0. The smallest absolute Gasteiger partial charge is 0.228 e. The van der Waals surface area contributed by atoms with E-state index in [0.29, 0.717) is 19.6 Å². The molecular weight excluding hydrogens is 320 g/mol. The van der Waals surface area contributed by atoms with Crippen molar-refractivity contribution in [3.05, 3.63) is 17.5 Å². The maximum atomic E-state index is 12.6. The first-order chi connectivity index (χ1) is 11.9. The molecule has 138 valence electrons. The first-order valence-corrected chi connectivity index (χ1v) is 9.00. The van der Waals surface area contributed by atoms with Crippen LogP contribution >= 0.6 is 0 Å². The second-order valence-electron chi connectivity index (χ2n) is 7.46. The van der Waals surface area contributed by atoms with Crippen molar-refractivity contribution in [3.63, 3.8) is 0 Å². The largest absolute Gasteiger partial charge is 0.384 e. The molecule has 2 aliphatic rings. The Morgan fingerprint density at radius 3 is 2.80 bits per heavy atom. The molecule has 3 rings (SSSR count). The van der Waals surface area contributed by atoms with Gasteiger partial charge < -0.3 is 15.0 Å². The number of likely N-dealkylation sites (tertiary alicyclic amines) is 1. The second kappa shape index (κ2) is 7.15. The molecule has 2 amide bonds. The molecule has 0 radical (unpaired) electrons. The van der Waals surface area contributed by atoms with Crippen LogP contribution in [0.2, 0.25) is 0 Å². The maximum Gasteiger partial charge on any atom is 0.228 e. The lowest BCUT2D eigenvalue weighted by molar-refractivity contribution is -0.134. The highest BCUT2D eigenvalue weighted by atomic mass is 16.5. The highest BCUT2D eigenvalue weighted by molar-refractivity contribution is 5.86. The molecule has 0 spiro atoms. The summed E-state index contributed by atoms with van der Waals surface area (Å²) in [7, 11) is 3.50. The molecule has 25 heavy (non-hydrogen) atoms. The third-order valence-electron chi connectivity index (χ3n) is 5.32. The second-order valence-corrected chi connectivity index (χ2v) is 7.46. The van der Waals surface area contributed by atoms with Crippen LogP contribution in [-0.2, 0) is 27.8 Å². The van der Waals surface area contributed by atoms with E-state index >= 15 is 0 Å². The summed E-state index contributed by atoms with van der Waals surface area (Å²) in [6.45, 7) is 3.75. The molecule has 1 N–H and O–H groups in total. The maximum absolute atomic E-state index is 12.6. The van der Waals surface area contributed by atoms with Crippen molar-refractivity contribution >= 4 is 11.8 Å². The van der Waals surface area contributed by atoms with Crippen molar-refractivity contribution in [2.75, 3.05) is 26.8 Å². The highest BCUT2D eigenvalue weighted by Gasteiger charge is 2.50. The Kier molecular flexibility index (Phi) is 5.13. The van der Waals surface area contributed by atoms with Gasteiger partial charge in [0, 0.05) is 45.0 Å². The number of carbonyl (C=O) groups is 2. The number of carbonyl (C=O) groups excluding carboxylic acids is 2. The van der Waals surface area contributed by atoms with E-state index in [1.807, 2.05) is 25.1 Å². The van der Waals surface area contributed by atoms with Crippen LogP contribution < -0.4 is 5.32 Å². The van der Waals surface area contributed by atoms with E-state index in [2.05, 4.69) is 10.4 Å². The molecule has 0 aromatic carbocycles. The fourth-order valence-corrected chi connectivity index (χ4v) is 3.62. The Labute approximate surface area is 148 Å². The fraction of sp³-hybridized carbons (Fsp3) is 0.722. The molecule has 1 saturated carbocycles. The molecule has 0 bridgehead atoms. The Balaban J connectivity index is 1.55. The molecule has 1 aromatic heterocycles. The van der Waals surface area contributed by atoms with Crippen LogP contribution in [0.5, 0.6) is 0 Å². The summed E-state index contributed by atoms with van der Waals surface area (Å²) in [5.74, 6) is 0.185. The third-order valence-corrected chi connectivity index (χ3v) is 5.32. The molecule has 1 aliphatic heterocycles. The van der Waals surface area contributed by atoms with Crippen molar-refractivity contribution in [2.24, 2.45) is 12.5 Å². The zero-order valence-electron chi connectivity index (χ0n) is 15.4. The van der Waals surface area contributed by atoms with E-state index in [-0.39, 0.29) is 23.3 Å². The van der Waals surface area contributed by atoms with E-state index in [9.17, 15) is 9.59 Å². The molecule has 1 aromatic rings. The number of hydrogen-bond acceptors (Lipinski definition) is 4. The van der Waals surface area contributed by atoms with Crippen molar-refractivity contribution in [1.29, 1.82) is 0 Å². The summed E-state index contributed by atoms with van der Waals surface area (Å²) in [5.41, 5.74) is 1.54. The summed E-state index contributed by atoms with van der Waals surface area (Å²) in [4.78, 5) is 27.0. The van der Waals surface area contributed by atoms with E-state index in [4.69, 9.17) is 4.74 Å². The summed E-state index contributed by atoms with van der Waals surface area (Å²) in [6, 6.07) is 0.0366. The van der Waals surface area contributed by atoms with E-state index < -0.39 is 0 Å². The van der Waals surface area contributed by atoms with E-state index in [1.165, 1.54) is 0 Å². The summed E-state index contributed by atoms with van der Waals surface area (Å²) >= 11 is 0. The van der Waals surface area contributed by atoms with Gasteiger partial charge in [0.05, 0.1) is 24.1 Å². The first-order valence-electron chi connectivity index (χ1n) is 9.00. The number of methoxy groups -OCH3 is 1. The van der Waals surface area contributed by atoms with Crippen LogP contribution in [-0.4, -0.2) is 59.3 Å². The average molecular weight is 348 g/mol. The number of nitrogens with one attached hydrogen (secondary N) is 1. The van der Waals surface area contributed by atoms with E-state index in [0.717, 1.165) is 43.5 Å². The quantitative estimate of drug-likeness (QED) is 0.825. The molecule has 1 aliphatic carbocycles. The third kappa shape index (κ3) is 4.03. The van der Waals surface area contributed by atoms with Gasteiger partial charge in [0.2, 0.25) is 11.8 Å². The van der Waals surface area contributed by atoms with Gasteiger partial charge in [0.1, 0.15) is 0 Å². The monoisotopic (exact) mass is 348 g/mol. The lowest BCUT2D eigenvalue weighted by Gasteiger charge is -2.34. The van der Waals surface area contributed by atoms with Gasteiger partial charge >= 0.3 is 0 Å². The minimum absolute atomic E-state index is 0.0366. The number of rotatable bonds is 6. The van der Waals surface area contributed by atoms with Crippen LogP contribution in [0.1, 0.15) is 36.9 Å². The van der Waals surface area contributed by atoms with Crippen molar-refractivity contribution in [1.82, 2.24) is 20.0 Å². The van der Waals surface area contributed by atoms with Gasteiger partial charge in [0.15, 0.2) is 0 Å². The minimum Gasteiger partial charge on any atom is -0.384 e. The number of aryl methyl sites for hydroxylation is 2. The number of hydrogen-bond donors (Lipinski definition) is 1. The molecular formula is C18H28N4O3. The first kappa shape index (κ1) is 17.9. The Morgan fingerprint density at radius 1 is 1.44 bits per heavy atom. The highest BCUT2D eigenvalue weighted by Crippen LogP contribution is 2.46. The number of amides is 2. The minimum atomic E-state index is -0.326. The summed E-state index contributed by atoms with van der Waals surface area (Å²) in [5, 5.41) is 7.43. The summed E-state index contributed by atoms with van der Waals surface area (Å²) in [6.07, 6.45) is 5.89. The predicted octanol–water partition coefficient (Wildman–Crippen LogP) is 0.805. The number of piperidine rings is 1. The molecule has 2 fully saturated rings. The molecule has 7 nitrogen and oxygen atoms in total. The van der Waals surface area contributed by atoms with Crippen LogP contribution in [0.4, 0.5) is 0 Å². The lowest BCUT2D eigenvalue weighted by Crippen LogP contribution is -2.51. The summed E-state index contributed by atoms with van der Waals surface area (Å²) < 4.78 is 6.92. The Bertz CT molecular complexity index is 651. The Hall–Kier alpha value is -1.89. The average Bonchev–Trinajstić information content (AvgIpc) is 3.28. The van der Waals surface area contributed by atoms with Gasteiger partial charge in [-0.3, -0.25) is 14.3 Å². The van der Waals surface area contributed by atoms with Crippen LogP contribution in [0.15, 0.2) is 6.20 Å². The molecule has 0 unspecified atom stereocenters. The normalized spacial score (nSPS) is 21.9. The molecule has 1 saturated heterocycles. The van der Waals surface area contributed by atoms with Crippen molar-refractivity contribution in [2.45, 2.75) is 45.1 Å². The zero-order valence-corrected chi connectivity index (χ0v) is 15.4. The topological polar surface area (TPSA) is 76.5 Å². The SMILES string of the molecule is COCC1(C(=O)N[C@H]2CCCN(C(=O)Cc3cn(C)nc3C)C2)CC1. The van der Waals surface area contributed by atoms with Gasteiger partial charge in [-0.05, 0) is 32.6 Å². The van der Waals surface area contributed by atoms with E-state index in [1.54, 1.807) is 11.8 Å². The van der Waals surface area contributed by atoms with Gasteiger partial charge in [-0.25, -0.2) is 0 Å².